The van der Waals surface area contributed by atoms with E-state index in [9.17, 15) is 14.7 Å². The molecule has 1 fully saturated rings. The second-order valence-corrected chi connectivity index (χ2v) is 5.67. The zero-order chi connectivity index (χ0) is 15.6. The Morgan fingerprint density at radius 3 is 2.81 bits per heavy atom. The number of carbonyl (C=O) groups is 2. The van der Waals surface area contributed by atoms with E-state index < -0.39 is 18.0 Å². The molecule has 0 saturated carbocycles. The maximum Gasteiger partial charge on any atom is 0.310 e. The van der Waals surface area contributed by atoms with Crippen LogP contribution in [0, 0.1) is 5.92 Å². The first-order chi connectivity index (χ1) is 9.93. The van der Waals surface area contributed by atoms with Crippen LogP contribution in [0.15, 0.2) is 6.20 Å². The highest BCUT2D eigenvalue weighted by Gasteiger charge is 2.35. The van der Waals surface area contributed by atoms with Crippen LogP contribution in [0.4, 0.5) is 0 Å². The quantitative estimate of drug-likeness (QED) is 0.793. The first kappa shape index (κ1) is 15.5. The number of rotatable bonds is 3. The number of methoxy groups -OCH3 is 1. The van der Waals surface area contributed by atoms with Crippen LogP contribution in [0.25, 0.3) is 0 Å². The van der Waals surface area contributed by atoms with Crippen molar-refractivity contribution in [2.24, 2.45) is 5.92 Å². The Labute approximate surface area is 123 Å². The number of aromatic amines is 1. The molecule has 0 aliphatic carbocycles. The first-order valence-electron chi connectivity index (χ1n) is 7.02. The lowest BCUT2D eigenvalue weighted by atomic mass is 9.95. The Kier molecular flexibility index (Phi) is 4.62. The Bertz CT molecular complexity index is 526. The first-order valence-corrected chi connectivity index (χ1v) is 7.02. The van der Waals surface area contributed by atoms with Gasteiger partial charge in [-0.15, -0.1) is 0 Å². The molecule has 2 N–H and O–H groups in total. The minimum Gasteiger partial charge on any atom is -0.469 e. The van der Waals surface area contributed by atoms with E-state index in [0.29, 0.717) is 12.0 Å². The van der Waals surface area contributed by atoms with Crippen molar-refractivity contribution in [3.63, 3.8) is 0 Å². The van der Waals surface area contributed by atoms with Crippen molar-refractivity contribution in [2.75, 3.05) is 20.2 Å². The summed E-state index contributed by atoms with van der Waals surface area (Å²) in [5.74, 6) is -0.974. The Balaban J connectivity index is 2.18. The zero-order valence-electron chi connectivity index (χ0n) is 12.5. The highest BCUT2D eigenvalue weighted by molar-refractivity contribution is 5.95. The molecule has 0 spiro atoms. The molecule has 1 aromatic rings. The average Bonchev–Trinajstić information content (AvgIpc) is 2.94. The summed E-state index contributed by atoms with van der Waals surface area (Å²) in [6.07, 6.45) is 1.09. The number of aliphatic hydroxyl groups excluding tert-OH is 1. The summed E-state index contributed by atoms with van der Waals surface area (Å²) in [7, 11) is 1.31. The second-order valence-electron chi connectivity index (χ2n) is 5.67. The maximum atomic E-state index is 12.6. The molecule has 2 heterocycles. The monoisotopic (exact) mass is 295 g/mol. The van der Waals surface area contributed by atoms with Crippen molar-refractivity contribution in [3.05, 3.63) is 17.5 Å². The topological polar surface area (TPSA) is 95.5 Å². The molecule has 2 rings (SSSR count). The zero-order valence-corrected chi connectivity index (χ0v) is 12.5. The Morgan fingerprint density at radius 1 is 1.48 bits per heavy atom. The normalized spacial score (nSPS) is 22.4. The van der Waals surface area contributed by atoms with E-state index in [2.05, 4.69) is 10.2 Å². The maximum absolute atomic E-state index is 12.6. The van der Waals surface area contributed by atoms with Gasteiger partial charge in [-0.1, -0.05) is 13.8 Å². The summed E-state index contributed by atoms with van der Waals surface area (Å²) in [6, 6.07) is 0. The van der Waals surface area contributed by atoms with Crippen LogP contribution in [0.5, 0.6) is 0 Å². The lowest BCUT2D eigenvalue weighted by molar-refractivity contribution is -0.148. The smallest absolute Gasteiger partial charge is 0.310 e. The standard InChI is InChI=1S/C14H21N3O4/c1-8(2)12-11(5-15-16-12)13(19)17-6-9(14(20)21-3)4-10(18)7-17/h5,8-10,18H,4,6-7H2,1-3H3,(H,15,16). The van der Waals surface area contributed by atoms with Gasteiger partial charge in [0.25, 0.3) is 5.91 Å². The molecular weight excluding hydrogens is 274 g/mol. The molecule has 116 valence electrons. The molecule has 1 saturated heterocycles. The summed E-state index contributed by atoms with van der Waals surface area (Å²) in [5.41, 5.74) is 1.25. The van der Waals surface area contributed by atoms with Gasteiger partial charge in [-0.2, -0.15) is 5.10 Å². The van der Waals surface area contributed by atoms with E-state index in [1.165, 1.54) is 18.2 Å². The summed E-state index contributed by atoms with van der Waals surface area (Å²) in [4.78, 5) is 25.7. The van der Waals surface area contributed by atoms with Crippen LogP contribution < -0.4 is 0 Å². The molecule has 2 unspecified atom stereocenters. The molecule has 1 aliphatic heterocycles. The molecule has 21 heavy (non-hydrogen) atoms. The largest absolute Gasteiger partial charge is 0.469 e. The van der Waals surface area contributed by atoms with E-state index in [4.69, 9.17) is 4.74 Å². The van der Waals surface area contributed by atoms with E-state index in [0.717, 1.165) is 5.69 Å². The highest BCUT2D eigenvalue weighted by atomic mass is 16.5. The Morgan fingerprint density at radius 2 is 2.19 bits per heavy atom. The number of esters is 1. The third kappa shape index (κ3) is 3.24. The molecule has 0 bridgehead atoms. The molecule has 2 atom stereocenters. The molecule has 7 nitrogen and oxygen atoms in total. The Hall–Kier alpha value is -1.89. The highest BCUT2D eigenvalue weighted by Crippen LogP contribution is 2.23. The number of hydrogen-bond acceptors (Lipinski definition) is 5. The summed E-state index contributed by atoms with van der Waals surface area (Å²) >= 11 is 0. The number of aromatic nitrogens is 2. The molecule has 1 amide bonds. The average molecular weight is 295 g/mol. The number of β-amino-alcohol motifs (C(OH)–C–C–N with tert-alkyl or cyclic N) is 1. The number of hydrogen-bond donors (Lipinski definition) is 2. The van der Waals surface area contributed by atoms with E-state index in [-0.39, 0.29) is 24.9 Å². The van der Waals surface area contributed by atoms with Gasteiger partial charge >= 0.3 is 5.97 Å². The van der Waals surface area contributed by atoms with Crippen LogP contribution in [-0.2, 0) is 9.53 Å². The molecule has 0 aromatic carbocycles. The lowest BCUT2D eigenvalue weighted by Gasteiger charge is -2.34. The van der Waals surface area contributed by atoms with E-state index in [1.54, 1.807) is 0 Å². The van der Waals surface area contributed by atoms with Crippen molar-refractivity contribution in [2.45, 2.75) is 32.3 Å². The van der Waals surface area contributed by atoms with Gasteiger partial charge in [0.15, 0.2) is 0 Å². The number of carbonyl (C=O) groups excluding carboxylic acids is 2. The SMILES string of the molecule is COC(=O)C1CC(O)CN(C(=O)c2cn[nH]c2C(C)C)C1. The number of likely N-dealkylation sites (tertiary alicyclic amines) is 1. The van der Waals surface area contributed by atoms with Crippen molar-refractivity contribution in [1.29, 1.82) is 0 Å². The van der Waals surface area contributed by atoms with Crippen LogP contribution in [0.2, 0.25) is 0 Å². The predicted molar refractivity (Wildman–Crippen MR) is 74.7 cm³/mol. The number of aliphatic hydroxyl groups is 1. The molecule has 1 aliphatic rings. The van der Waals surface area contributed by atoms with Crippen LogP contribution in [0.3, 0.4) is 0 Å². The predicted octanol–water partition coefficient (Wildman–Crippen LogP) is 0.529. The third-order valence-corrected chi connectivity index (χ3v) is 3.73. The van der Waals surface area contributed by atoms with Gasteiger partial charge in [0, 0.05) is 13.1 Å². The summed E-state index contributed by atoms with van der Waals surface area (Å²) in [6.45, 7) is 4.40. The minimum absolute atomic E-state index is 0.137. The van der Waals surface area contributed by atoms with Gasteiger partial charge in [-0.25, -0.2) is 0 Å². The van der Waals surface area contributed by atoms with Crippen molar-refractivity contribution >= 4 is 11.9 Å². The van der Waals surface area contributed by atoms with Crippen LogP contribution in [-0.4, -0.2) is 58.4 Å². The third-order valence-electron chi connectivity index (χ3n) is 3.73. The molecule has 1 aromatic heterocycles. The molecular formula is C14H21N3O4. The van der Waals surface area contributed by atoms with Crippen molar-refractivity contribution in [1.82, 2.24) is 15.1 Å². The van der Waals surface area contributed by atoms with Crippen LogP contribution >= 0.6 is 0 Å². The molecule has 7 heteroatoms. The van der Waals surface area contributed by atoms with Gasteiger partial charge in [0.2, 0.25) is 0 Å². The summed E-state index contributed by atoms with van der Waals surface area (Å²) < 4.78 is 4.71. The van der Waals surface area contributed by atoms with E-state index in [1.807, 2.05) is 13.8 Å². The number of ether oxygens (including phenoxy) is 1. The van der Waals surface area contributed by atoms with Gasteiger partial charge in [-0.3, -0.25) is 14.7 Å². The van der Waals surface area contributed by atoms with Crippen molar-refractivity contribution in [3.8, 4) is 0 Å². The van der Waals surface area contributed by atoms with Gasteiger partial charge < -0.3 is 14.7 Å². The fraction of sp³-hybridized carbons (Fsp3) is 0.643. The lowest BCUT2D eigenvalue weighted by Crippen LogP contribution is -2.48. The number of nitrogens with one attached hydrogen (secondary N) is 1. The number of amides is 1. The summed E-state index contributed by atoms with van der Waals surface area (Å²) in [5, 5.41) is 16.6. The fourth-order valence-electron chi connectivity index (χ4n) is 2.65. The second kappa shape index (κ2) is 6.26. The van der Waals surface area contributed by atoms with Crippen LogP contribution in [0.1, 0.15) is 42.2 Å². The number of piperidine rings is 1. The number of nitrogens with zero attached hydrogens (tertiary/aromatic N) is 2. The number of H-pyrrole nitrogens is 1. The molecule has 0 radical (unpaired) electrons. The van der Waals surface area contributed by atoms with Crippen molar-refractivity contribution < 1.29 is 19.4 Å². The van der Waals surface area contributed by atoms with Gasteiger partial charge in [0.05, 0.1) is 36.6 Å². The fourth-order valence-corrected chi connectivity index (χ4v) is 2.65. The van der Waals surface area contributed by atoms with E-state index >= 15 is 0 Å². The van der Waals surface area contributed by atoms with Gasteiger partial charge in [0.1, 0.15) is 0 Å². The minimum atomic E-state index is -0.721. The van der Waals surface area contributed by atoms with Gasteiger partial charge in [-0.05, 0) is 12.3 Å².